The third kappa shape index (κ3) is 7.63. The molecule has 7 nitrogen and oxygen atoms in total. The predicted octanol–water partition coefficient (Wildman–Crippen LogP) is 1.75. The molecule has 2 rings (SSSR count). The summed E-state index contributed by atoms with van der Waals surface area (Å²) in [4.78, 5) is 22.6. The minimum Gasteiger partial charge on any atom is -0.469 e. The van der Waals surface area contributed by atoms with E-state index in [2.05, 4.69) is 21.9 Å². The van der Waals surface area contributed by atoms with E-state index < -0.39 is 6.09 Å². The third-order valence-electron chi connectivity index (χ3n) is 4.81. The first-order valence-corrected chi connectivity index (χ1v) is 9.31. The molecule has 0 spiro atoms. The summed E-state index contributed by atoms with van der Waals surface area (Å²) in [5, 5.41) is 2.68. The quantitative estimate of drug-likeness (QED) is 0.340. The van der Waals surface area contributed by atoms with E-state index in [-0.39, 0.29) is 12.4 Å². The molecule has 1 amide bonds. The molecule has 0 aromatic heterocycles. The van der Waals surface area contributed by atoms with Crippen LogP contribution in [0.5, 0.6) is 0 Å². The zero-order chi connectivity index (χ0) is 18.6. The standard InChI is InChI=1S/C19H29NO6/c1-23-18(21)8-10-24-12-13-25-11-9-20-19(22)26-14-17-15-6-4-2-3-5-7-16(15)17/h15-17H,4-14H2,1H3,(H,20,22)/t15-,16+,17?. The number of ether oxygens (including phenoxy) is 4. The van der Waals surface area contributed by atoms with Gasteiger partial charge in [-0.1, -0.05) is 0 Å². The number of fused-ring (bicyclic) bond motifs is 1. The molecule has 1 saturated carbocycles. The molecule has 0 aromatic rings. The summed E-state index contributed by atoms with van der Waals surface area (Å²) in [6.45, 7) is 2.40. The first-order chi connectivity index (χ1) is 12.7. The molecule has 0 saturated heterocycles. The molecule has 146 valence electrons. The lowest BCUT2D eigenvalue weighted by Gasteiger charge is -2.08. The van der Waals surface area contributed by atoms with Crippen molar-refractivity contribution in [2.24, 2.45) is 17.8 Å². The van der Waals surface area contributed by atoms with Crippen molar-refractivity contribution in [1.29, 1.82) is 0 Å². The topological polar surface area (TPSA) is 83.1 Å². The van der Waals surface area contributed by atoms with Crippen LogP contribution in [0.15, 0.2) is 0 Å². The minimum atomic E-state index is -0.390. The highest BCUT2D eigenvalue weighted by atomic mass is 16.6. The van der Waals surface area contributed by atoms with Crippen LogP contribution in [0.3, 0.4) is 0 Å². The van der Waals surface area contributed by atoms with Crippen LogP contribution in [-0.2, 0) is 23.7 Å². The average Bonchev–Trinajstić information content (AvgIpc) is 3.27. The Morgan fingerprint density at radius 1 is 1.00 bits per heavy atom. The van der Waals surface area contributed by atoms with Crippen molar-refractivity contribution in [1.82, 2.24) is 5.32 Å². The zero-order valence-electron chi connectivity index (χ0n) is 15.5. The predicted molar refractivity (Wildman–Crippen MR) is 94.3 cm³/mol. The first kappa shape index (κ1) is 20.5. The van der Waals surface area contributed by atoms with E-state index >= 15 is 0 Å². The van der Waals surface area contributed by atoms with Crippen LogP contribution in [-0.4, -0.2) is 58.8 Å². The lowest BCUT2D eigenvalue weighted by atomic mass is 10.1. The van der Waals surface area contributed by atoms with Gasteiger partial charge >= 0.3 is 12.1 Å². The van der Waals surface area contributed by atoms with Crippen LogP contribution >= 0.6 is 0 Å². The second-order valence-corrected chi connectivity index (χ2v) is 6.50. The van der Waals surface area contributed by atoms with Gasteiger partial charge in [0.05, 0.1) is 46.6 Å². The number of amides is 1. The van der Waals surface area contributed by atoms with Gasteiger partial charge in [0.25, 0.3) is 0 Å². The maximum absolute atomic E-state index is 11.7. The van der Waals surface area contributed by atoms with Crippen molar-refractivity contribution in [2.75, 3.05) is 46.7 Å². The summed E-state index contributed by atoms with van der Waals surface area (Å²) in [6, 6.07) is 0. The van der Waals surface area contributed by atoms with Gasteiger partial charge in [-0.15, -0.1) is 11.8 Å². The molecule has 2 aliphatic carbocycles. The van der Waals surface area contributed by atoms with Gasteiger partial charge in [-0.25, -0.2) is 4.79 Å². The minimum absolute atomic E-state index is 0.236. The summed E-state index contributed by atoms with van der Waals surface area (Å²) >= 11 is 0. The molecule has 1 N–H and O–H groups in total. The van der Waals surface area contributed by atoms with E-state index in [1.165, 1.54) is 7.11 Å². The van der Waals surface area contributed by atoms with E-state index in [1.807, 2.05) is 0 Å². The highest BCUT2D eigenvalue weighted by Gasteiger charge is 2.49. The Morgan fingerprint density at radius 3 is 2.31 bits per heavy atom. The fourth-order valence-corrected chi connectivity index (χ4v) is 3.31. The van der Waals surface area contributed by atoms with Crippen molar-refractivity contribution >= 4 is 12.1 Å². The summed E-state index contributed by atoms with van der Waals surface area (Å²) in [5.41, 5.74) is 0. The number of rotatable bonds is 11. The van der Waals surface area contributed by atoms with E-state index in [0.29, 0.717) is 57.3 Å². The Balaban J connectivity index is 1.39. The number of carbonyl (C=O) groups excluding carboxylic acids is 2. The van der Waals surface area contributed by atoms with Crippen LogP contribution in [0.4, 0.5) is 4.79 Å². The molecule has 2 aliphatic rings. The Kier molecular flexibility index (Phi) is 9.29. The summed E-state index contributed by atoms with van der Waals surface area (Å²) in [7, 11) is 1.35. The number of hydrogen-bond donors (Lipinski definition) is 1. The lowest BCUT2D eigenvalue weighted by molar-refractivity contribution is -0.141. The Hall–Kier alpha value is -1.78. The average molecular weight is 367 g/mol. The van der Waals surface area contributed by atoms with Gasteiger partial charge in [0.1, 0.15) is 0 Å². The number of methoxy groups -OCH3 is 1. The maximum atomic E-state index is 11.7. The van der Waals surface area contributed by atoms with Crippen LogP contribution in [0, 0.1) is 29.6 Å². The second kappa shape index (κ2) is 11.8. The summed E-state index contributed by atoms with van der Waals surface area (Å²) in [6.07, 6.45) is 4.03. The van der Waals surface area contributed by atoms with Crippen LogP contribution in [0.1, 0.15) is 32.1 Å². The van der Waals surface area contributed by atoms with Crippen molar-refractivity contribution in [3.8, 4) is 11.8 Å². The zero-order valence-corrected chi connectivity index (χ0v) is 15.5. The highest BCUT2D eigenvalue weighted by molar-refractivity contribution is 5.69. The van der Waals surface area contributed by atoms with Crippen LogP contribution in [0.25, 0.3) is 0 Å². The van der Waals surface area contributed by atoms with Crippen molar-refractivity contribution < 1.29 is 28.5 Å². The molecule has 0 bridgehead atoms. The number of carbonyl (C=O) groups is 2. The number of nitrogens with one attached hydrogen (secondary N) is 1. The van der Waals surface area contributed by atoms with Gasteiger partial charge in [-0.2, -0.15) is 0 Å². The molecule has 1 unspecified atom stereocenters. The van der Waals surface area contributed by atoms with Crippen molar-refractivity contribution in [2.45, 2.75) is 32.1 Å². The van der Waals surface area contributed by atoms with Crippen molar-refractivity contribution in [3.63, 3.8) is 0 Å². The van der Waals surface area contributed by atoms with Crippen LogP contribution in [0.2, 0.25) is 0 Å². The molecule has 26 heavy (non-hydrogen) atoms. The van der Waals surface area contributed by atoms with E-state index in [1.54, 1.807) is 0 Å². The van der Waals surface area contributed by atoms with Gasteiger partial charge in [-0.05, 0) is 30.6 Å². The fraction of sp³-hybridized carbons (Fsp3) is 0.789. The molecule has 7 heteroatoms. The largest absolute Gasteiger partial charge is 0.469 e. The maximum Gasteiger partial charge on any atom is 0.407 e. The lowest BCUT2D eigenvalue weighted by Crippen LogP contribution is -2.29. The van der Waals surface area contributed by atoms with E-state index in [0.717, 1.165) is 25.7 Å². The van der Waals surface area contributed by atoms with E-state index in [9.17, 15) is 9.59 Å². The molecule has 0 aliphatic heterocycles. The molecular formula is C19H29NO6. The number of alkyl carbamates (subject to hydrolysis) is 1. The third-order valence-corrected chi connectivity index (χ3v) is 4.81. The summed E-state index contributed by atoms with van der Waals surface area (Å²) in [5.74, 6) is 7.93. The number of hydrogen-bond acceptors (Lipinski definition) is 6. The van der Waals surface area contributed by atoms with E-state index in [4.69, 9.17) is 14.2 Å². The SMILES string of the molecule is COC(=O)CCOCCOCCNC(=O)OCC1[C@H]2CCC#CCC[C@@H]12. The summed E-state index contributed by atoms with van der Waals surface area (Å²) < 4.78 is 20.4. The van der Waals surface area contributed by atoms with Crippen molar-refractivity contribution in [3.05, 3.63) is 0 Å². The van der Waals surface area contributed by atoms with Gasteiger partial charge in [0.2, 0.25) is 0 Å². The molecule has 0 aromatic carbocycles. The smallest absolute Gasteiger partial charge is 0.407 e. The molecule has 1 fully saturated rings. The monoisotopic (exact) mass is 367 g/mol. The number of esters is 1. The molecule has 0 radical (unpaired) electrons. The molecule has 0 heterocycles. The molecule has 3 atom stereocenters. The van der Waals surface area contributed by atoms with Gasteiger partial charge < -0.3 is 24.3 Å². The Morgan fingerprint density at radius 2 is 1.65 bits per heavy atom. The fourth-order valence-electron chi connectivity index (χ4n) is 3.31. The Labute approximate surface area is 155 Å². The first-order valence-electron chi connectivity index (χ1n) is 9.31. The normalized spacial score (nSPS) is 23.5. The molecular weight excluding hydrogens is 338 g/mol. The Bertz CT molecular complexity index is 494. The van der Waals surface area contributed by atoms with Gasteiger partial charge in [0.15, 0.2) is 0 Å². The van der Waals surface area contributed by atoms with Gasteiger partial charge in [-0.3, -0.25) is 4.79 Å². The second-order valence-electron chi connectivity index (χ2n) is 6.50. The van der Waals surface area contributed by atoms with Crippen LogP contribution < -0.4 is 5.32 Å². The van der Waals surface area contributed by atoms with Gasteiger partial charge in [0, 0.05) is 19.4 Å². The highest BCUT2D eigenvalue weighted by Crippen LogP contribution is 2.52.